The molecule has 1 spiro atoms. The first kappa shape index (κ1) is 15.8. The lowest BCUT2D eigenvalue weighted by Gasteiger charge is -2.39. The normalized spacial score (nSPS) is 20.9. The number of hydrogen-bond acceptors (Lipinski definition) is 3. The molecule has 0 atom stereocenters. The van der Waals surface area contributed by atoms with E-state index in [0.29, 0.717) is 17.7 Å². The van der Waals surface area contributed by atoms with Crippen LogP contribution >= 0.6 is 23.7 Å². The van der Waals surface area contributed by atoms with Crippen molar-refractivity contribution in [1.82, 2.24) is 10.2 Å². The summed E-state index contributed by atoms with van der Waals surface area (Å²) in [6.45, 7) is 4.24. The van der Waals surface area contributed by atoms with Gasteiger partial charge in [-0.2, -0.15) is 0 Å². The lowest BCUT2D eigenvalue weighted by molar-refractivity contribution is -0.133. The third-order valence-corrected chi connectivity index (χ3v) is 5.61. The molecule has 2 saturated heterocycles. The van der Waals surface area contributed by atoms with E-state index in [2.05, 4.69) is 27.7 Å². The molecule has 1 aromatic rings. The number of hydrogen-bond donors (Lipinski definition) is 1. The molecule has 0 unspecified atom stereocenters. The first-order valence-corrected chi connectivity index (χ1v) is 8.16. The Bertz CT molecular complexity index is 419. The first-order chi connectivity index (χ1) is 9.27. The summed E-state index contributed by atoms with van der Waals surface area (Å²) in [6, 6.07) is 4.18. The molecular formula is C15H23ClN2OS. The second-order valence-corrected chi connectivity index (χ2v) is 6.92. The van der Waals surface area contributed by atoms with Crippen molar-refractivity contribution in [3.8, 4) is 0 Å². The highest BCUT2D eigenvalue weighted by atomic mass is 35.5. The van der Waals surface area contributed by atoms with Gasteiger partial charge < -0.3 is 10.2 Å². The van der Waals surface area contributed by atoms with Crippen molar-refractivity contribution < 1.29 is 4.79 Å². The molecule has 0 bridgehead atoms. The quantitative estimate of drug-likeness (QED) is 0.930. The smallest absolute Gasteiger partial charge is 0.222 e. The van der Waals surface area contributed by atoms with Crippen LogP contribution in [0, 0.1) is 5.41 Å². The summed E-state index contributed by atoms with van der Waals surface area (Å²) in [5.74, 6) is 0.342. The zero-order valence-corrected chi connectivity index (χ0v) is 13.4. The van der Waals surface area contributed by atoms with Gasteiger partial charge >= 0.3 is 0 Å². The van der Waals surface area contributed by atoms with E-state index in [1.165, 1.54) is 24.1 Å². The van der Waals surface area contributed by atoms with Crippen molar-refractivity contribution >= 4 is 29.7 Å². The van der Waals surface area contributed by atoms with Crippen LogP contribution < -0.4 is 5.32 Å². The monoisotopic (exact) mass is 314 g/mol. The number of nitrogens with zero attached hydrogens (tertiary/aromatic N) is 1. The van der Waals surface area contributed by atoms with E-state index >= 15 is 0 Å². The van der Waals surface area contributed by atoms with E-state index < -0.39 is 0 Å². The van der Waals surface area contributed by atoms with Gasteiger partial charge in [0, 0.05) is 30.9 Å². The lowest BCUT2D eigenvalue weighted by atomic mass is 9.78. The number of carbonyl (C=O) groups excluding carboxylic acids is 1. The van der Waals surface area contributed by atoms with E-state index in [0.717, 1.165) is 32.6 Å². The number of piperidine rings is 1. The van der Waals surface area contributed by atoms with Crippen LogP contribution in [0.4, 0.5) is 0 Å². The predicted octanol–water partition coefficient (Wildman–Crippen LogP) is 2.70. The lowest BCUT2D eigenvalue weighted by Crippen LogP contribution is -2.44. The number of nitrogens with one attached hydrogen (secondary N) is 1. The van der Waals surface area contributed by atoms with E-state index in [-0.39, 0.29) is 12.4 Å². The predicted molar refractivity (Wildman–Crippen MR) is 85.6 cm³/mol. The van der Waals surface area contributed by atoms with Crippen molar-refractivity contribution in [1.29, 1.82) is 0 Å². The van der Waals surface area contributed by atoms with Gasteiger partial charge in [0.2, 0.25) is 5.91 Å². The molecule has 0 radical (unpaired) electrons. The van der Waals surface area contributed by atoms with Gasteiger partial charge in [-0.05, 0) is 49.1 Å². The zero-order chi connectivity index (χ0) is 13.1. The molecular weight excluding hydrogens is 292 g/mol. The number of carbonyl (C=O) groups is 1. The Morgan fingerprint density at radius 2 is 2.15 bits per heavy atom. The maximum atomic E-state index is 12.2. The average Bonchev–Trinajstić information content (AvgIpc) is 3.09. The Hall–Kier alpha value is -0.580. The fourth-order valence-corrected chi connectivity index (χ4v) is 4.00. The third-order valence-electron chi connectivity index (χ3n) is 4.67. The second-order valence-electron chi connectivity index (χ2n) is 5.89. The highest BCUT2D eigenvalue weighted by molar-refractivity contribution is 7.09. The number of likely N-dealkylation sites (tertiary alicyclic amines) is 1. The van der Waals surface area contributed by atoms with Crippen molar-refractivity contribution in [2.45, 2.75) is 32.1 Å². The molecule has 5 heteroatoms. The molecule has 2 aliphatic heterocycles. The van der Waals surface area contributed by atoms with Gasteiger partial charge in [0.05, 0.1) is 0 Å². The highest BCUT2D eigenvalue weighted by Gasteiger charge is 2.37. The van der Waals surface area contributed by atoms with Crippen molar-refractivity contribution in [2.24, 2.45) is 5.41 Å². The first-order valence-electron chi connectivity index (χ1n) is 7.28. The zero-order valence-electron chi connectivity index (χ0n) is 11.8. The highest BCUT2D eigenvalue weighted by Crippen LogP contribution is 2.37. The maximum Gasteiger partial charge on any atom is 0.222 e. The van der Waals surface area contributed by atoms with Gasteiger partial charge in [0.1, 0.15) is 0 Å². The van der Waals surface area contributed by atoms with Gasteiger partial charge in [-0.3, -0.25) is 4.79 Å². The van der Waals surface area contributed by atoms with Crippen molar-refractivity contribution in [3.63, 3.8) is 0 Å². The van der Waals surface area contributed by atoms with Crippen LogP contribution in [0.15, 0.2) is 17.5 Å². The minimum atomic E-state index is 0. The summed E-state index contributed by atoms with van der Waals surface area (Å²) in [5.41, 5.74) is 0.504. The molecule has 3 rings (SSSR count). The Morgan fingerprint density at radius 1 is 1.35 bits per heavy atom. The molecule has 2 aliphatic rings. The topological polar surface area (TPSA) is 32.3 Å². The summed E-state index contributed by atoms with van der Waals surface area (Å²) < 4.78 is 0. The fourth-order valence-electron chi connectivity index (χ4n) is 3.30. The molecule has 3 nitrogen and oxygen atoms in total. The summed E-state index contributed by atoms with van der Waals surface area (Å²) in [7, 11) is 0. The van der Waals surface area contributed by atoms with Crippen LogP contribution in [0.25, 0.3) is 0 Å². The van der Waals surface area contributed by atoms with E-state index in [9.17, 15) is 4.79 Å². The Labute approximate surface area is 131 Å². The van der Waals surface area contributed by atoms with Gasteiger partial charge in [-0.15, -0.1) is 23.7 Å². The second kappa shape index (κ2) is 6.92. The number of thiophene rings is 1. The summed E-state index contributed by atoms with van der Waals surface area (Å²) >= 11 is 1.75. The van der Waals surface area contributed by atoms with Crippen LogP contribution in [0.3, 0.4) is 0 Å². The third kappa shape index (κ3) is 3.54. The van der Waals surface area contributed by atoms with Crippen LogP contribution in [0.5, 0.6) is 0 Å². The van der Waals surface area contributed by atoms with Crippen LogP contribution in [-0.4, -0.2) is 37.0 Å². The number of rotatable bonds is 3. The molecule has 0 aliphatic carbocycles. The van der Waals surface area contributed by atoms with E-state index in [1.54, 1.807) is 11.3 Å². The van der Waals surface area contributed by atoms with Crippen molar-refractivity contribution in [3.05, 3.63) is 22.4 Å². The van der Waals surface area contributed by atoms with Gasteiger partial charge in [0.25, 0.3) is 0 Å². The van der Waals surface area contributed by atoms with Gasteiger partial charge in [-0.25, -0.2) is 0 Å². The molecule has 20 heavy (non-hydrogen) atoms. The van der Waals surface area contributed by atoms with Gasteiger partial charge in [0.15, 0.2) is 0 Å². The molecule has 1 amide bonds. The molecule has 3 heterocycles. The Balaban J connectivity index is 0.00000147. The molecule has 0 saturated carbocycles. The average molecular weight is 315 g/mol. The Morgan fingerprint density at radius 3 is 2.75 bits per heavy atom. The number of halogens is 1. The summed E-state index contributed by atoms with van der Waals surface area (Å²) in [5, 5.41) is 5.55. The fraction of sp³-hybridized carbons (Fsp3) is 0.667. The van der Waals surface area contributed by atoms with E-state index in [4.69, 9.17) is 0 Å². The van der Waals surface area contributed by atoms with Crippen LogP contribution in [0.2, 0.25) is 0 Å². The molecule has 0 aromatic carbocycles. The largest absolute Gasteiger partial charge is 0.343 e. The van der Waals surface area contributed by atoms with Crippen LogP contribution in [0.1, 0.15) is 30.6 Å². The summed E-state index contributed by atoms with van der Waals surface area (Å²) in [6.07, 6.45) is 5.24. The molecule has 1 aromatic heterocycles. The number of aryl methyl sites for hydroxylation is 1. The molecule has 1 N–H and O–H groups in total. The molecule has 112 valence electrons. The molecule has 2 fully saturated rings. The minimum Gasteiger partial charge on any atom is -0.343 e. The van der Waals surface area contributed by atoms with Gasteiger partial charge in [-0.1, -0.05) is 6.07 Å². The number of amides is 1. The Kier molecular flexibility index (Phi) is 5.47. The standard InChI is InChI=1S/C15H22N2OS.ClH/c18-14(4-3-13-2-1-11-19-13)17-9-6-15(7-10-17)5-8-16-12-15;/h1-2,11,16H,3-10,12H2;1H. The SMILES string of the molecule is Cl.O=C(CCc1cccs1)N1CCC2(CCNC2)CC1. The minimum absolute atomic E-state index is 0. The van der Waals surface area contributed by atoms with Crippen LogP contribution in [-0.2, 0) is 11.2 Å². The van der Waals surface area contributed by atoms with Crippen molar-refractivity contribution in [2.75, 3.05) is 26.2 Å². The maximum absolute atomic E-state index is 12.2. The van der Waals surface area contributed by atoms with E-state index in [1.807, 2.05) is 0 Å². The summed E-state index contributed by atoms with van der Waals surface area (Å²) in [4.78, 5) is 15.6.